The maximum absolute atomic E-state index is 14.7. The minimum atomic E-state index is -1.22. The molecule has 0 bridgehead atoms. The van der Waals surface area contributed by atoms with Gasteiger partial charge in [-0.15, -0.1) is 0 Å². The summed E-state index contributed by atoms with van der Waals surface area (Å²) in [6.45, 7) is 0.361. The van der Waals surface area contributed by atoms with E-state index in [4.69, 9.17) is 21.1 Å². The molecule has 10 nitrogen and oxygen atoms in total. The van der Waals surface area contributed by atoms with E-state index in [9.17, 15) is 9.18 Å². The molecule has 186 valence electrons. The first-order valence-corrected chi connectivity index (χ1v) is 12.3. The van der Waals surface area contributed by atoms with Crippen molar-refractivity contribution in [2.45, 2.75) is 68.9 Å². The first-order valence-electron chi connectivity index (χ1n) is 11.9. The van der Waals surface area contributed by atoms with Crippen molar-refractivity contribution in [2.75, 3.05) is 12.4 Å². The zero-order valence-corrected chi connectivity index (χ0v) is 20.0. The van der Waals surface area contributed by atoms with Crippen LogP contribution in [0.15, 0.2) is 18.3 Å². The molecule has 12 heteroatoms. The van der Waals surface area contributed by atoms with Crippen LogP contribution in [0.1, 0.15) is 55.8 Å². The minimum absolute atomic E-state index is 0.0928. The number of aromatic nitrogens is 5. The molecule has 3 aliphatic carbocycles. The third kappa shape index (κ3) is 4.10. The molecular weight excluding hydrogens is 477 g/mol. The van der Waals surface area contributed by atoms with E-state index in [0.717, 1.165) is 42.6 Å². The van der Waals surface area contributed by atoms with Crippen LogP contribution < -0.4 is 10.6 Å². The largest absolute Gasteiger partial charge is 0.443 e. The molecule has 1 amide bonds. The Bertz CT molecular complexity index is 1260. The number of hydrogen-bond acceptors (Lipinski definition) is 7. The molecule has 3 saturated carbocycles. The molecule has 3 aromatic rings. The summed E-state index contributed by atoms with van der Waals surface area (Å²) in [5.74, 6) is 1.43. The van der Waals surface area contributed by atoms with Crippen molar-refractivity contribution in [1.29, 1.82) is 0 Å². The summed E-state index contributed by atoms with van der Waals surface area (Å²) in [6.07, 6.45) is 4.07. The van der Waals surface area contributed by atoms with Crippen LogP contribution >= 0.6 is 11.6 Å². The number of anilines is 2. The number of methoxy groups -OCH3 is 1. The van der Waals surface area contributed by atoms with Crippen LogP contribution in [0.3, 0.4) is 0 Å². The van der Waals surface area contributed by atoms with Crippen molar-refractivity contribution in [3.05, 3.63) is 34.9 Å². The van der Waals surface area contributed by atoms with Gasteiger partial charge in [-0.1, -0.05) is 11.6 Å². The molecule has 0 saturated heterocycles. The molecule has 6 rings (SSSR count). The number of nitrogens with one attached hydrogen (secondary N) is 3. The molecule has 0 spiro atoms. The number of rotatable bonds is 7. The van der Waals surface area contributed by atoms with Gasteiger partial charge in [0, 0.05) is 30.3 Å². The van der Waals surface area contributed by atoms with Crippen molar-refractivity contribution < 1.29 is 18.7 Å². The lowest BCUT2D eigenvalue weighted by molar-refractivity contribution is -0.0275. The first kappa shape index (κ1) is 22.5. The monoisotopic (exact) mass is 503 g/mol. The number of alkyl halides is 1. The lowest BCUT2D eigenvalue weighted by atomic mass is 9.53. The molecule has 0 aromatic carbocycles. The summed E-state index contributed by atoms with van der Waals surface area (Å²) in [4.78, 5) is 16.8. The Morgan fingerprint density at radius 3 is 2.89 bits per heavy atom. The molecule has 3 fully saturated rings. The van der Waals surface area contributed by atoms with Crippen LogP contribution in [-0.2, 0) is 16.1 Å². The van der Waals surface area contributed by atoms with Gasteiger partial charge in [0.1, 0.15) is 22.9 Å². The van der Waals surface area contributed by atoms with E-state index in [1.165, 1.54) is 0 Å². The number of halogens is 2. The number of fused-ring (bicyclic) bond motifs is 2. The van der Waals surface area contributed by atoms with E-state index >= 15 is 0 Å². The van der Waals surface area contributed by atoms with Gasteiger partial charge in [-0.05, 0) is 50.5 Å². The highest BCUT2D eigenvalue weighted by atomic mass is 35.5. The second kappa shape index (κ2) is 8.63. The Hall–Kier alpha value is -2.92. The van der Waals surface area contributed by atoms with Crippen molar-refractivity contribution in [1.82, 2.24) is 30.1 Å². The number of H-pyrrole nitrogens is 1. The minimum Gasteiger partial charge on any atom is -0.443 e. The maximum Gasteiger partial charge on any atom is 0.407 e. The highest BCUT2D eigenvalue weighted by molar-refractivity contribution is 6.29. The number of hydrogen-bond donors (Lipinski definition) is 3. The zero-order valence-electron chi connectivity index (χ0n) is 19.3. The molecular formula is C23H27ClFN7O3. The Kier molecular flexibility index (Phi) is 5.56. The van der Waals surface area contributed by atoms with Crippen LogP contribution in [0.2, 0.25) is 5.15 Å². The molecule has 0 unspecified atom stereocenters. The van der Waals surface area contributed by atoms with Crippen LogP contribution in [0.4, 0.5) is 20.8 Å². The van der Waals surface area contributed by atoms with E-state index in [2.05, 4.69) is 30.9 Å². The number of carbonyl (C=O) groups excluding carboxylic acids is 1. The van der Waals surface area contributed by atoms with Gasteiger partial charge in [0.2, 0.25) is 0 Å². The third-order valence-electron chi connectivity index (χ3n) is 7.75. The number of nitrogens with zero attached hydrogens (tertiary/aromatic N) is 4. The smallest absolute Gasteiger partial charge is 0.407 e. The summed E-state index contributed by atoms with van der Waals surface area (Å²) < 4.78 is 27.0. The fraction of sp³-hybridized carbons (Fsp3) is 0.565. The second-order valence-electron chi connectivity index (χ2n) is 9.83. The van der Waals surface area contributed by atoms with Gasteiger partial charge in [0.25, 0.3) is 0 Å². The van der Waals surface area contributed by atoms with E-state index in [-0.39, 0.29) is 23.0 Å². The molecule has 0 aliphatic heterocycles. The van der Waals surface area contributed by atoms with Crippen LogP contribution in [0, 0.1) is 5.92 Å². The molecule has 3 atom stereocenters. The highest BCUT2D eigenvalue weighted by Crippen LogP contribution is 2.53. The van der Waals surface area contributed by atoms with Crippen molar-refractivity contribution >= 4 is 34.8 Å². The van der Waals surface area contributed by atoms with Crippen LogP contribution in [-0.4, -0.2) is 55.8 Å². The van der Waals surface area contributed by atoms with Crippen LogP contribution in [0.25, 0.3) is 5.52 Å². The average molecular weight is 504 g/mol. The molecule has 3 aromatic heterocycles. The summed E-state index contributed by atoms with van der Waals surface area (Å²) in [5.41, 5.74) is 2.13. The van der Waals surface area contributed by atoms with Crippen LogP contribution in [0.5, 0.6) is 0 Å². The lowest BCUT2D eigenvalue weighted by Gasteiger charge is -2.58. The number of carbonyl (C=O) groups is 1. The van der Waals surface area contributed by atoms with Crippen molar-refractivity contribution in [3.8, 4) is 0 Å². The van der Waals surface area contributed by atoms with Crippen molar-refractivity contribution in [2.24, 2.45) is 5.92 Å². The van der Waals surface area contributed by atoms with Gasteiger partial charge in [-0.25, -0.2) is 18.7 Å². The molecule has 3 heterocycles. The standard InChI is InChI=1S/C23H27ClFN7O3/c1-34-11-14-8-17-21(26-19(24)10-32(17)31-14)27-20-9-16(29-30-20)12-6-15(25)18(7-12)35-22(33)28-23-4-2-13(23)3-5-23/h8-10,12-13,15,18H,2-7,11H2,1H3,(H,28,33)(H2,26,27,29,30)/t12-,13?,15+,18-,23?/m0/s1. The number of ether oxygens (including phenoxy) is 2. The average Bonchev–Trinajstić information content (AvgIpc) is 3.52. The predicted octanol–water partition coefficient (Wildman–Crippen LogP) is 4.25. The summed E-state index contributed by atoms with van der Waals surface area (Å²) >= 11 is 6.16. The van der Waals surface area contributed by atoms with Gasteiger partial charge in [0.15, 0.2) is 11.6 Å². The molecule has 3 aliphatic rings. The molecule has 35 heavy (non-hydrogen) atoms. The SMILES string of the molecule is COCc1cc2c(Nc3cc([C@H]4C[C@@H](F)[C@@H](OC(=O)NC56CCC5CC6)C4)[nH]n3)nc(Cl)cn2n1. The zero-order chi connectivity index (χ0) is 24.2. The predicted molar refractivity (Wildman–Crippen MR) is 126 cm³/mol. The fourth-order valence-electron chi connectivity index (χ4n) is 5.64. The van der Waals surface area contributed by atoms with Gasteiger partial charge < -0.3 is 20.1 Å². The van der Waals surface area contributed by atoms with E-state index in [0.29, 0.717) is 30.6 Å². The van der Waals surface area contributed by atoms with E-state index in [1.54, 1.807) is 17.8 Å². The normalized spacial score (nSPS) is 29.3. The lowest BCUT2D eigenvalue weighted by Crippen LogP contribution is -2.66. The van der Waals surface area contributed by atoms with E-state index < -0.39 is 18.4 Å². The maximum atomic E-state index is 14.7. The second-order valence-corrected chi connectivity index (χ2v) is 10.2. The molecule has 0 radical (unpaired) electrons. The summed E-state index contributed by atoms with van der Waals surface area (Å²) in [7, 11) is 1.60. The Morgan fingerprint density at radius 2 is 2.17 bits per heavy atom. The Morgan fingerprint density at radius 1 is 1.34 bits per heavy atom. The Labute approximate surface area is 205 Å². The number of alkyl carbamates (subject to hydrolysis) is 1. The topological polar surface area (TPSA) is 118 Å². The van der Waals surface area contributed by atoms with E-state index in [1.807, 2.05) is 12.1 Å². The van der Waals surface area contributed by atoms with Gasteiger partial charge in [-0.3, -0.25) is 5.10 Å². The Balaban J connectivity index is 1.11. The fourth-order valence-corrected chi connectivity index (χ4v) is 5.82. The number of aromatic amines is 1. The quantitative estimate of drug-likeness (QED) is 0.441. The summed E-state index contributed by atoms with van der Waals surface area (Å²) in [5, 5.41) is 18.2. The van der Waals surface area contributed by atoms with Gasteiger partial charge >= 0.3 is 6.09 Å². The first-order chi connectivity index (χ1) is 16.9. The van der Waals surface area contributed by atoms with Gasteiger partial charge in [0.05, 0.1) is 18.5 Å². The third-order valence-corrected chi connectivity index (χ3v) is 7.93. The molecule has 3 N–H and O–H groups in total. The van der Waals surface area contributed by atoms with Crippen molar-refractivity contribution in [3.63, 3.8) is 0 Å². The highest BCUT2D eigenvalue weighted by Gasteiger charge is 2.55. The van der Waals surface area contributed by atoms with Gasteiger partial charge in [-0.2, -0.15) is 10.2 Å². The summed E-state index contributed by atoms with van der Waals surface area (Å²) in [6, 6.07) is 3.67. The number of amides is 1.